The Hall–Kier alpha value is -2.73. The van der Waals surface area contributed by atoms with Crippen LogP contribution in [0.3, 0.4) is 0 Å². The Morgan fingerprint density at radius 3 is 2.68 bits per heavy atom. The summed E-state index contributed by atoms with van der Waals surface area (Å²) in [5.41, 5.74) is 3.57. The van der Waals surface area contributed by atoms with Crippen molar-refractivity contribution >= 4 is 17.5 Å². The molecule has 1 atom stereocenters. The van der Waals surface area contributed by atoms with E-state index in [1.54, 1.807) is 17.0 Å². The second kappa shape index (κ2) is 8.79. The Balaban J connectivity index is 1.45. The normalized spacial score (nSPS) is 20.7. The van der Waals surface area contributed by atoms with E-state index >= 15 is 0 Å². The third kappa shape index (κ3) is 4.49. The predicted octanol–water partition coefficient (Wildman–Crippen LogP) is 3.66. The number of halogens is 1. The largest absolute Gasteiger partial charge is 0.381 e. The van der Waals surface area contributed by atoms with Crippen LogP contribution in [0.4, 0.5) is 10.1 Å². The lowest BCUT2D eigenvalue weighted by molar-refractivity contribution is -0.126. The predicted molar refractivity (Wildman–Crippen MR) is 118 cm³/mol. The third-order valence-electron chi connectivity index (χ3n) is 6.63. The molecule has 1 N–H and O–H groups in total. The first kappa shape index (κ1) is 21.5. The highest BCUT2D eigenvalue weighted by Gasteiger charge is 2.39. The summed E-state index contributed by atoms with van der Waals surface area (Å²) >= 11 is 0. The summed E-state index contributed by atoms with van der Waals surface area (Å²) < 4.78 is 19.4. The smallest absolute Gasteiger partial charge is 0.227 e. The maximum atomic E-state index is 13.9. The van der Waals surface area contributed by atoms with Crippen molar-refractivity contribution in [2.45, 2.75) is 38.5 Å². The molecule has 0 bridgehead atoms. The van der Waals surface area contributed by atoms with Crippen molar-refractivity contribution in [3.63, 3.8) is 0 Å². The van der Waals surface area contributed by atoms with Gasteiger partial charge in [0.25, 0.3) is 0 Å². The number of anilines is 1. The minimum absolute atomic E-state index is 0.0296. The van der Waals surface area contributed by atoms with Gasteiger partial charge in [-0.05, 0) is 56.0 Å². The molecule has 0 spiro atoms. The van der Waals surface area contributed by atoms with E-state index in [9.17, 15) is 14.0 Å². The molecular formula is C25H29FN2O3. The molecule has 164 valence electrons. The molecule has 4 rings (SSSR count). The molecule has 0 radical (unpaired) electrons. The molecule has 0 aromatic heterocycles. The lowest BCUT2D eigenvalue weighted by Gasteiger charge is -2.38. The number of hydrogen-bond donors (Lipinski definition) is 1. The van der Waals surface area contributed by atoms with Gasteiger partial charge in [0.05, 0.1) is 5.92 Å². The Kier molecular flexibility index (Phi) is 6.10. The second-order valence-corrected chi connectivity index (χ2v) is 8.82. The lowest BCUT2D eigenvalue weighted by atomic mass is 9.74. The van der Waals surface area contributed by atoms with E-state index in [0.29, 0.717) is 26.3 Å². The zero-order valence-electron chi connectivity index (χ0n) is 18.1. The van der Waals surface area contributed by atoms with E-state index in [1.807, 2.05) is 38.1 Å². The quantitative estimate of drug-likeness (QED) is 0.797. The number of ether oxygens (including phenoxy) is 1. The van der Waals surface area contributed by atoms with Crippen LogP contribution < -0.4 is 10.2 Å². The van der Waals surface area contributed by atoms with Crippen molar-refractivity contribution in [2.24, 2.45) is 5.92 Å². The van der Waals surface area contributed by atoms with E-state index in [0.717, 1.165) is 35.2 Å². The van der Waals surface area contributed by atoms with Gasteiger partial charge in [-0.1, -0.05) is 29.8 Å². The van der Waals surface area contributed by atoms with Gasteiger partial charge in [-0.25, -0.2) is 4.39 Å². The fraction of sp³-hybridized carbons (Fsp3) is 0.440. The van der Waals surface area contributed by atoms with Crippen molar-refractivity contribution in [3.05, 3.63) is 65.0 Å². The lowest BCUT2D eigenvalue weighted by Crippen LogP contribution is -2.46. The maximum Gasteiger partial charge on any atom is 0.227 e. The van der Waals surface area contributed by atoms with Gasteiger partial charge in [0.2, 0.25) is 11.8 Å². The number of carbonyl (C=O) groups excluding carboxylic acids is 2. The van der Waals surface area contributed by atoms with Crippen LogP contribution in [-0.2, 0) is 19.7 Å². The third-order valence-corrected chi connectivity index (χ3v) is 6.63. The summed E-state index contributed by atoms with van der Waals surface area (Å²) in [4.78, 5) is 27.4. The van der Waals surface area contributed by atoms with E-state index in [2.05, 4.69) is 5.32 Å². The number of nitrogens with one attached hydrogen (secondary N) is 1. The van der Waals surface area contributed by atoms with Gasteiger partial charge in [-0.2, -0.15) is 0 Å². The first-order chi connectivity index (χ1) is 14.9. The van der Waals surface area contributed by atoms with E-state index in [1.165, 1.54) is 6.07 Å². The number of nitrogens with zero attached hydrogens (tertiary/aromatic N) is 1. The van der Waals surface area contributed by atoms with Gasteiger partial charge in [-0.3, -0.25) is 9.59 Å². The Bertz CT molecular complexity index is 984. The molecule has 2 aromatic rings. The standard InChI is InChI=1S/C25H29FN2O3/c1-17-6-7-22(18(2)12-17)28-15-19(13-23(28)29)24(30)27-16-25(8-10-31-11-9-25)20-4-3-5-21(26)14-20/h3-7,12,14,19H,8-11,13,15-16H2,1-2H3,(H,27,30). The van der Waals surface area contributed by atoms with Gasteiger partial charge in [0.1, 0.15) is 5.82 Å². The molecule has 1 unspecified atom stereocenters. The number of rotatable bonds is 5. The van der Waals surface area contributed by atoms with Crippen LogP contribution in [0.15, 0.2) is 42.5 Å². The summed E-state index contributed by atoms with van der Waals surface area (Å²) in [6.45, 7) is 5.95. The van der Waals surface area contributed by atoms with Gasteiger partial charge in [0, 0.05) is 43.8 Å². The monoisotopic (exact) mass is 424 g/mol. The number of carbonyl (C=O) groups is 2. The van der Waals surface area contributed by atoms with Gasteiger partial charge < -0.3 is 15.0 Å². The van der Waals surface area contributed by atoms with Crippen molar-refractivity contribution in [3.8, 4) is 0 Å². The van der Waals surface area contributed by atoms with Crippen LogP contribution in [-0.4, -0.2) is 38.1 Å². The van der Waals surface area contributed by atoms with Crippen LogP contribution in [0.5, 0.6) is 0 Å². The summed E-state index contributed by atoms with van der Waals surface area (Å²) in [7, 11) is 0. The summed E-state index contributed by atoms with van der Waals surface area (Å²) in [5.74, 6) is -0.821. The second-order valence-electron chi connectivity index (χ2n) is 8.82. The van der Waals surface area contributed by atoms with Crippen LogP contribution >= 0.6 is 0 Å². The molecule has 2 aromatic carbocycles. The Labute approximate surface area is 182 Å². The zero-order valence-corrected chi connectivity index (χ0v) is 18.1. The van der Waals surface area contributed by atoms with E-state index in [-0.39, 0.29) is 29.5 Å². The van der Waals surface area contributed by atoms with Crippen molar-refractivity contribution in [1.82, 2.24) is 5.32 Å². The first-order valence-electron chi connectivity index (χ1n) is 10.9. The number of benzene rings is 2. The number of hydrogen-bond acceptors (Lipinski definition) is 3. The van der Waals surface area contributed by atoms with E-state index < -0.39 is 5.92 Å². The molecule has 6 heteroatoms. The van der Waals surface area contributed by atoms with Crippen molar-refractivity contribution in [1.29, 1.82) is 0 Å². The summed E-state index contributed by atoms with van der Waals surface area (Å²) in [5, 5.41) is 3.07. The van der Waals surface area contributed by atoms with E-state index in [4.69, 9.17) is 4.74 Å². The highest BCUT2D eigenvalue weighted by atomic mass is 19.1. The number of aryl methyl sites for hydroxylation is 2. The topological polar surface area (TPSA) is 58.6 Å². The SMILES string of the molecule is Cc1ccc(N2CC(C(=O)NCC3(c4cccc(F)c4)CCOCC3)CC2=O)c(C)c1. The molecule has 2 aliphatic heterocycles. The van der Waals surface area contributed by atoms with Crippen molar-refractivity contribution < 1.29 is 18.7 Å². The highest BCUT2D eigenvalue weighted by Crippen LogP contribution is 2.35. The van der Waals surface area contributed by atoms with Gasteiger partial charge in [-0.15, -0.1) is 0 Å². The Morgan fingerprint density at radius 1 is 1.19 bits per heavy atom. The molecular weight excluding hydrogens is 395 g/mol. The molecule has 0 saturated carbocycles. The number of amides is 2. The average Bonchev–Trinajstić information content (AvgIpc) is 3.14. The fourth-order valence-electron chi connectivity index (χ4n) is 4.77. The molecule has 31 heavy (non-hydrogen) atoms. The summed E-state index contributed by atoms with van der Waals surface area (Å²) in [6.07, 6.45) is 1.64. The Morgan fingerprint density at radius 2 is 1.97 bits per heavy atom. The molecule has 2 fully saturated rings. The minimum atomic E-state index is -0.391. The zero-order chi connectivity index (χ0) is 22.0. The summed E-state index contributed by atoms with van der Waals surface area (Å²) in [6, 6.07) is 12.6. The van der Waals surface area contributed by atoms with Gasteiger partial charge >= 0.3 is 0 Å². The molecule has 2 heterocycles. The van der Waals surface area contributed by atoms with Gasteiger partial charge in [0.15, 0.2) is 0 Å². The fourth-order valence-corrected chi connectivity index (χ4v) is 4.77. The molecule has 2 saturated heterocycles. The molecule has 5 nitrogen and oxygen atoms in total. The highest BCUT2D eigenvalue weighted by molar-refractivity contribution is 6.00. The maximum absolute atomic E-state index is 13.9. The first-order valence-corrected chi connectivity index (χ1v) is 10.9. The average molecular weight is 425 g/mol. The van der Waals surface area contributed by atoms with Crippen LogP contribution in [0, 0.1) is 25.6 Å². The van der Waals surface area contributed by atoms with Crippen LogP contribution in [0.1, 0.15) is 36.0 Å². The van der Waals surface area contributed by atoms with Crippen molar-refractivity contribution in [2.75, 3.05) is 31.2 Å². The molecule has 2 aliphatic rings. The minimum Gasteiger partial charge on any atom is -0.381 e. The molecule has 0 aliphatic carbocycles. The molecule has 2 amide bonds. The van der Waals surface area contributed by atoms with Crippen LogP contribution in [0.2, 0.25) is 0 Å². The van der Waals surface area contributed by atoms with Crippen LogP contribution in [0.25, 0.3) is 0 Å².